The second-order valence-electron chi connectivity index (χ2n) is 7.15. The molecule has 2 bridgehead atoms. The number of carbonyl (C=O) groups is 2. The summed E-state index contributed by atoms with van der Waals surface area (Å²) in [6, 6.07) is 6.98. The van der Waals surface area contributed by atoms with E-state index in [0.29, 0.717) is 30.8 Å². The molecule has 24 heavy (non-hydrogen) atoms. The maximum absolute atomic E-state index is 12.3. The molecule has 0 saturated carbocycles. The molecular formula is C18H24ClN3O2. The molecule has 3 N–H and O–H groups in total. The molecule has 1 aromatic carbocycles. The lowest BCUT2D eigenvalue weighted by Crippen LogP contribution is -2.39. The van der Waals surface area contributed by atoms with Crippen LogP contribution in [0.4, 0.5) is 11.4 Å². The monoisotopic (exact) mass is 349 g/mol. The molecule has 3 aliphatic heterocycles. The van der Waals surface area contributed by atoms with Gasteiger partial charge in [-0.3, -0.25) is 9.59 Å². The lowest BCUT2D eigenvalue weighted by atomic mass is 9.89. The first kappa shape index (κ1) is 17.2. The van der Waals surface area contributed by atoms with Crippen molar-refractivity contribution in [1.29, 1.82) is 0 Å². The largest absolute Gasteiger partial charge is 0.326 e. The minimum absolute atomic E-state index is 0. The van der Waals surface area contributed by atoms with Crippen LogP contribution in [-0.4, -0.2) is 23.9 Å². The number of rotatable bonds is 3. The van der Waals surface area contributed by atoms with Gasteiger partial charge in [0.15, 0.2) is 0 Å². The Morgan fingerprint density at radius 2 is 1.92 bits per heavy atom. The van der Waals surface area contributed by atoms with Crippen molar-refractivity contribution in [2.45, 2.75) is 57.0 Å². The molecule has 2 atom stereocenters. The molecular weight excluding hydrogens is 326 g/mol. The lowest BCUT2D eigenvalue weighted by molar-refractivity contribution is -0.117. The first-order valence-electron chi connectivity index (χ1n) is 8.64. The smallest absolute Gasteiger partial charge is 0.224 e. The van der Waals surface area contributed by atoms with Crippen LogP contribution in [0.15, 0.2) is 18.2 Å². The quantitative estimate of drug-likeness (QED) is 0.785. The van der Waals surface area contributed by atoms with Gasteiger partial charge in [0.2, 0.25) is 11.8 Å². The van der Waals surface area contributed by atoms with Gasteiger partial charge in [0.1, 0.15) is 0 Å². The summed E-state index contributed by atoms with van der Waals surface area (Å²) in [5.41, 5.74) is 2.80. The summed E-state index contributed by atoms with van der Waals surface area (Å²) in [5.74, 6) is 0.677. The maximum atomic E-state index is 12.3. The van der Waals surface area contributed by atoms with Gasteiger partial charge in [0.05, 0.1) is 0 Å². The average Bonchev–Trinajstić information content (AvgIpc) is 2.86. The predicted molar refractivity (Wildman–Crippen MR) is 96.6 cm³/mol. The number of fused-ring (bicyclic) bond motifs is 3. The zero-order chi connectivity index (χ0) is 15.8. The van der Waals surface area contributed by atoms with Crippen molar-refractivity contribution in [3.63, 3.8) is 0 Å². The van der Waals surface area contributed by atoms with Gasteiger partial charge in [-0.25, -0.2) is 0 Å². The highest BCUT2D eigenvalue weighted by atomic mass is 35.5. The fourth-order valence-electron chi connectivity index (χ4n) is 4.28. The number of hydrogen-bond donors (Lipinski definition) is 3. The van der Waals surface area contributed by atoms with Crippen molar-refractivity contribution >= 4 is 35.6 Å². The van der Waals surface area contributed by atoms with Crippen molar-refractivity contribution in [3.05, 3.63) is 23.8 Å². The number of piperidine rings is 1. The minimum atomic E-state index is 0. The number of nitrogens with one attached hydrogen (secondary N) is 3. The van der Waals surface area contributed by atoms with E-state index in [1.807, 2.05) is 18.2 Å². The van der Waals surface area contributed by atoms with Gasteiger partial charge in [-0.1, -0.05) is 0 Å². The van der Waals surface area contributed by atoms with E-state index in [2.05, 4.69) is 16.0 Å². The molecule has 0 aromatic heterocycles. The second kappa shape index (κ2) is 7.11. The number of benzene rings is 1. The number of carbonyl (C=O) groups excluding carboxylic acids is 2. The van der Waals surface area contributed by atoms with Crippen molar-refractivity contribution in [2.24, 2.45) is 5.92 Å². The molecule has 5 nitrogen and oxygen atoms in total. The molecule has 0 spiro atoms. The highest BCUT2D eigenvalue weighted by Gasteiger charge is 2.34. The molecule has 2 amide bonds. The number of amides is 2. The molecule has 2 saturated heterocycles. The Kier molecular flexibility index (Phi) is 5.11. The average molecular weight is 350 g/mol. The van der Waals surface area contributed by atoms with Crippen molar-refractivity contribution in [1.82, 2.24) is 5.32 Å². The highest BCUT2D eigenvalue weighted by molar-refractivity contribution is 5.95. The molecule has 6 heteroatoms. The standard InChI is InChI=1S/C18H23N3O2.ClH/c22-17-6-1-12-10-15(4-5-16(12)21-17)20-18(23)9-11-7-13-2-3-14(8-11)19-13;/h4-5,10-11,13-14,19H,1-3,6-9H2,(H,20,23)(H,21,22);1H. The van der Waals surface area contributed by atoms with Gasteiger partial charge in [-0.05, 0) is 61.8 Å². The summed E-state index contributed by atoms with van der Waals surface area (Å²) in [5, 5.41) is 9.51. The maximum Gasteiger partial charge on any atom is 0.224 e. The zero-order valence-corrected chi connectivity index (χ0v) is 14.5. The van der Waals surface area contributed by atoms with E-state index in [4.69, 9.17) is 0 Å². The molecule has 3 aliphatic rings. The Hall–Kier alpha value is -1.59. The van der Waals surface area contributed by atoms with Crippen LogP contribution in [0.1, 0.15) is 44.1 Å². The Balaban J connectivity index is 0.00000169. The van der Waals surface area contributed by atoms with Crippen LogP contribution in [0.2, 0.25) is 0 Å². The van der Waals surface area contributed by atoms with E-state index in [1.165, 1.54) is 12.8 Å². The van der Waals surface area contributed by atoms with Gasteiger partial charge in [0.25, 0.3) is 0 Å². The van der Waals surface area contributed by atoms with Crippen LogP contribution >= 0.6 is 12.4 Å². The minimum Gasteiger partial charge on any atom is -0.326 e. The third kappa shape index (κ3) is 3.73. The van der Waals surface area contributed by atoms with Crippen LogP contribution in [0, 0.1) is 5.92 Å². The van der Waals surface area contributed by atoms with Gasteiger partial charge in [-0.15, -0.1) is 12.4 Å². The molecule has 2 unspecified atom stereocenters. The summed E-state index contributed by atoms with van der Waals surface area (Å²) < 4.78 is 0. The van der Waals surface area contributed by atoms with Crippen LogP contribution in [0.3, 0.4) is 0 Å². The summed E-state index contributed by atoms with van der Waals surface area (Å²) in [6.07, 6.45) is 6.65. The molecule has 130 valence electrons. The fraction of sp³-hybridized carbons (Fsp3) is 0.556. The molecule has 3 heterocycles. The van der Waals surface area contributed by atoms with E-state index in [9.17, 15) is 9.59 Å². The molecule has 2 fully saturated rings. The fourth-order valence-corrected chi connectivity index (χ4v) is 4.28. The van der Waals surface area contributed by atoms with Crippen molar-refractivity contribution < 1.29 is 9.59 Å². The Morgan fingerprint density at radius 3 is 2.67 bits per heavy atom. The van der Waals surface area contributed by atoms with E-state index < -0.39 is 0 Å². The van der Waals surface area contributed by atoms with Crippen LogP contribution in [0.5, 0.6) is 0 Å². The molecule has 1 aromatic rings. The van der Waals surface area contributed by atoms with E-state index in [-0.39, 0.29) is 24.2 Å². The first-order valence-corrected chi connectivity index (χ1v) is 8.64. The van der Waals surface area contributed by atoms with Crippen molar-refractivity contribution in [2.75, 3.05) is 10.6 Å². The van der Waals surface area contributed by atoms with Crippen LogP contribution < -0.4 is 16.0 Å². The van der Waals surface area contributed by atoms with Gasteiger partial charge in [-0.2, -0.15) is 0 Å². The number of hydrogen-bond acceptors (Lipinski definition) is 3. The van der Waals surface area contributed by atoms with Crippen LogP contribution in [-0.2, 0) is 16.0 Å². The van der Waals surface area contributed by atoms with Gasteiger partial charge < -0.3 is 16.0 Å². The summed E-state index contributed by atoms with van der Waals surface area (Å²) in [7, 11) is 0. The first-order chi connectivity index (χ1) is 11.2. The van der Waals surface area contributed by atoms with Gasteiger partial charge in [0, 0.05) is 36.3 Å². The van der Waals surface area contributed by atoms with E-state index in [0.717, 1.165) is 36.2 Å². The number of aryl methyl sites for hydroxylation is 1. The van der Waals surface area contributed by atoms with Gasteiger partial charge >= 0.3 is 0 Å². The number of anilines is 2. The summed E-state index contributed by atoms with van der Waals surface area (Å²) in [4.78, 5) is 23.7. The Labute approximate surface area is 148 Å². The summed E-state index contributed by atoms with van der Waals surface area (Å²) >= 11 is 0. The second-order valence-corrected chi connectivity index (χ2v) is 7.15. The summed E-state index contributed by atoms with van der Waals surface area (Å²) in [6.45, 7) is 0. The Bertz CT molecular complexity index is 637. The lowest BCUT2D eigenvalue weighted by Gasteiger charge is -2.28. The number of halogens is 1. The molecule has 0 radical (unpaired) electrons. The molecule has 0 aliphatic carbocycles. The van der Waals surface area contributed by atoms with E-state index in [1.54, 1.807) is 0 Å². The third-order valence-electron chi connectivity index (χ3n) is 5.33. The third-order valence-corrected chi connectivity index (χ3v) is 5.33. The predicted octanol–water partition coefficient (Wildman–Crippen LogP) is 2.85. The Morgan fingerprint density at radius 1 is 1.17 bits per heavy atom. The molecule has 4 rings (SSSR count). The zero-order valence-electron chi connectivity index (χ0n) is 13.6. The topological polar surface area (TPSA) is 70.2 Å². The van der Waals surface area contributed by atoms with Crippen LogP contribution in [0.25, 0.3) is 0 Å². The van der Waals surface area contributed by atoms with Crippen molar-refractivity contribution in [3.8, 4) is 0 Å². The normalized spacial score (nSPS) is 27.7. The SMILES string of the molecule is Cl.O=C(CC1CC2CCC(C1)N2)Nc1ccc2c(c1)CCC(=O)N2. The van der Waals surface area contributed by atoms with E-state index >= 15 is 0 Å². The highest BCUT2D eigenvalue weighted by Crippen LogP contribution is 2.33.